The van der Waals surface area contributed by atoms with E-state index >= 15 is 0 Å². The van der Waals surface area contributed by atoms with E-state index in [1.807, 2.05) is 24.3 Å². The van der Waals surface area contributed by atoms with Gasteiger partial charge in [-0.25, -0.2) is 4.98 Å². The molecule has 1 aliphatic rings. The first kappa shape index (κ1) is 24.3. The van der Waals surface area contributed by atoms with Crippen LogP contribution in [0, 0.1) is 5.21 Å². The molecule has 1 aliphatic heterocycles. The van der Waals surface area contributed by atoms with Crippen molar-refractivity contribution in [2.24, 2.45) is 0 Å². The van der Waals surface area contributed by atoms with Crippen LogP contribution in [0.5, 0.6) is 0 Å². The van der Waals surface area contributed by atoms with Crippen LogP contribution in [0.3, 0.4) is 0 Å². The Bertz CT molecular complexity index is 1380. The van der Waals surface area contributed by atoms with E-state index in [-0.39, 0.29) is 5.92 Å². The molecule has 5 rings (SSSR count). The molecule has 1 saturated heterocycles. The summed E-state index contributed by atoms with van der Waals surface area (Å²) in [5.41, 5.74) is 4.24. The summed E-state index contributed by atoms with van der Waals surface area (Å²) in [5, 5.41) is 15.5. The van der Waals surface area contributed by atoms with Crippen molar-refractivity contribution in [3.8, 4) is 22.4 Å². The van der Waals surface area contributed by atoms with Crippen molar-refractivity contribution in [3.05, 3.63) is 86.8 Å². The van der Waals surface area contributed by atoms with Gasteiger partial charge in [0.15, 0.2) is 6.20 Å². The van der Waals surface area contributed by atoms with Crippen LogP contribution in [0.25, 0.3) is 33.3 Å². The number of hydrogen-bond acceptors (Lipinski definition) is 3. The van der Waals surface area contributed by atoms with Gasteiger partial charge in [0.25, 0.3) is 5.69 Å². The van der Waals surface area contributed by atoms with Gasteiger partial charge in [0.2, 0.25) is 0 Å². The van der Waals surface area contributed by atoms with Crippen molar-refractivity contribution < 1.29 is 4.73 Å². The summed E-state index contributed by atoms with van der Waals surface area (Å²) in [6, 6.07) is 17.5. The third-order valence-corrected chi connectivity index (χ3v) is 7.90. The van der Waals surface area contributed by atoms with Gasteiger partial charge >= 0.3 is 0 Å². The minimum Gasteiger partial charge on any atom is -0.618 e. The minimum absolute atomic E-state index is 0.283. The van der Waals surface area contributed by atoms with Crippen LogP contribution in [0.4, 0.5) is 0 Å². The summed E-state index contributed by atoms with van der Waals surface area (Å²) < 4.78 is 0.809. The zero-order chi connectivity index (χ0) is 24.7. The highest BCUT2D eigenvalue weighted by molar-refractivity contribution is 6.39. The Morgan fingerprint density at radius 2 is 1.57 bits per heavy atom. The monoisotopic (exact) mass is 525 g/mol. The highest BCUT2D eigenvalue weighted by Gasteiger charge is 2.28. The van der Waals surface area contributed by atoms with E-state index in [2.05, 4.69) is 24.8 Å². The molecule has 1 fully saturated rings. The quantitative estimate of drug-likeness (QED) is 0.202. The van der Waals surface area contributed by atoms with Gasteiger partial charge in [0, 0.05) is 39.7 Å². The molecule has 0 amide bonds. The van der Waals surface area contributed by atoms with E-state index in [0.29, 0.717) is 37.9 Å². The molecule has 2 aromatic carbocycles. The number of piperidine rings is 1. The Kier molecular flexibility index (Phi) is 6.91. The fourth-order valence-electron chi connectivity index (χ4n) is 5.02. The number of benzene rings is 2. The highest BCUT2D eigenvalue weighted by atomic mass is 35.5. The smallest absolute Gasteiger partial charge is 0.253 e. The molecule has 0 atom stereocenters. The Morgan fingerprint density at radius 1 is 0.914 bits per heavy atom. The van der Waals surface area contributed by atoms with Gasteiger partial charge in [-0.2, -0.15) is 4.73 Å². The average molecular weight is 527 g/mol. The summed E-state index contributed by atoms with van der Waals surface area (Å²) in [5.74, 6) is 0.283. The maximum absolute atomic E-state index is 13.2. The van der Waals surface area contributed by atoms with Gasteiger partial charge in [-0.3, -0.25) is 0 Å². The number of pyridine rings is 2. The normalized spacial score (nSPS) is 15.3. The predicted molar refractivity (Wildman–Crippen MR) is 145 cm³/mol. The molecule has 35 heavy (non-hydrogen) atoms. The van der Waals surface area contributed by atoms with Crippen LogP contribution in [-0.2, 0) is 0 Å². The SMILES string of the molecule is CC(C)N1CCC(c2cc(-c3ccccc3Cl)c3cc[n+]([O-])c(-c4c(Cl)cccc4Cl)c3n2)CC1. The highest BCUT2D eigenvalue weighted by Crippen LogP contribution is 2.41. The maximum atomic E-state index is 13.2. The van der Waals surface area contributed by atoms with E-state index in [1.165, 1.54) is 6.20 Å². The van der Waals surface area contributed by atoms with Crippen molar-refractivity contribution in [2.75, 3.05) is 13.1 Å². The molecule has 2 aromatic heterocycles. The van der Waals surface area contributed by atoms with Crippen molar-refractivity contribution in [2.45, 2.75) is 38.6 Å². The second-order valence-electron chi connectivity index (χ2n) is 9.33. The number of rotatable bonds is 4. The molecule has 0 unspecified atom stereocenters. The van der Waals surface area contributed by atoms with Gasteiger partial charge in [0.1, 0.15) is 5.52 Å². The zero-order valence-electron chi connectivity index (χ0n) is 19.6. The van der Waals surface area contributed by atoms with E-state index < -0.39 is 0 Å². The number of aromatic nitrogens is 2. The van der Waals surface area contributed by atoms with Crippen LogP contribution in [0.2, 0.25) is 15.1 Å². The third-order valence-electron chi connectivity index (χ3n) is 6.94. The largest absolute Gasteiger partial charge is 0.618 e. The molecule has 3 heterocycles. The molecule has 0 aliphatic carbocycles. The molecule has 0 saturated carbocycles. The van der Waals surface area contributed by atoms with Crippen LogP contribution >= 0.6 is 34.8 Å². The number of likely N-dealkylation sites (tertiary alicyclic amines) is 1. The Labute approximate surface area is 220 Å². The van der Waals surface area contributed by atoms with Crippen LogP contribution in [0.1, 0.15) is 38.3 Å². The van der Waals surface area contributed by atoms with Gasteiger partial charge in [-0.15, -0.1) is 0 Å². The second kappa shape index (κ2) is 9.94. The first-order valence-electron chi connectivity index (χ1n) is 11.8. The lowest BCUT2D eigenvalue weighted by molar-refractivity contribution is -0.592. The number of halogens is 3. The Hall–Kier alpha value is -2.37. The summed E-state index contributed by atoms with van der Waals surface area (Å²) in [6.45, 7) is 6.50. The average Bonchev–Trinajstić information content (AvgIpc) is 2.85. The van der Waals surface area contributed by atoms with E-state index in [0.717, 1.165) is 52.9 Å². The topological polar surface area (TPSA) is 43.1 Å². The van der Waals surface area contributed by atoms with E-state index in [9.17, 15) is 5.21 Å². The van der Waals surface area contributed by atoms with E-state index in [4.69, 9.17) is 39.8 Å². The molecule has 4 nitrogen and oxygen atoms in total. The van der Waals surface area contributed by atoms with Gasteiger partial charge < -0.3 is 10.1 Å². The number of fused-ring (bicyclic) bond motifs is 1. The van der Waals surface area contributed by atoms with Crippen molar-refractivity contribution >= 4 is 45.7 Å². The first-order valence-corrected chi connectivity index (χ1v) is 13.0. The van der Waals surface area contributed by atoms with Crippen LogP contribution in [0.15, 0.2) is 60.8 Å². The number of nitrogens with zero attached hydrogens (tertiary/aromatic N) is 3. The lowest BCUT2D eigenvalue weighted by Gasteiger charge is -2.34. The molecule has 0 N–H and O–H groups in total. The zero-order valence-corrected chi connectivity index (χ0v) is 21.9. The molecular formula is C28H26Cl3N3O. The fraction of sp³-hybridized carbons (Fsp3) is 0.286. The van der Waals surface area contributed by atoms with Crippen molar-refractivity contribution in [1.29, 1.82) is 0 Å². The van der Waals surface area contributed by atoms with Crippen LogP contribution < -0.4 is 4.73 Å². The lowest BCUT2D eigenvalue weighted by Crippen LogP contribution is -2.38. The molecule has 0 bridgehead atoms. The van der Waals surface area contributed by atoms with Gasteiger partial charge in [-0.1, -0.05) is 59.1 Å². The molecule has 7 heteroatoms. The van der Waals surface area contributed by atoms with Crippen LogP contribution in [-0.4, -0.2) is 29.0 Å². The summed E-state index contributed by atoms with van der Waals surface area (Å²) in [7, 11) is 0. The van der Waals surface area contributed by atoms with Crippen molar-refractivity contribution in [1.82, 2.24) is 9.88 Å². The molecule has 0 spiro atoms. The minimum atomic E-state index is 0.283. The fourth-order valence-corrected chi connectivity index (χ4v) is 5.84. The summed E-state index contributed by atoms with van der Waals surface area (Å²) in [6.07, 6.45) is 3.50. The maximum Gasteiger partial charge on any atom is 0.253 e. The molecular weight excluding hydrogens is 501 g/mol. The first-order chi connectivity index (χ1) is 16.8. The molecule has 0 radical (unpaired) electrons. The molecule has 4 aromatic rings. The molecule has 180 valence electrons. The van der Waals surface area contributed by atoms with Gasteiger partial charge in [0.05, 0.1) is 15.6 Å². The second-order valence-corrected chi connectivity index (χ2v) is 10.5. The van der Waals surface area contributed by atoms with E-state index in [1.54, 1.807) is 24.3 Å². The van der Waals surface area contributed by atoms with Crippen molar-refractivity contribution in [3.63, 3.8) is 0 Å². The summed E-state index contributed by atoms with van der Waals surface area (Å²) >= 11 is 19.8. The van der Waals surface area contributed by atoms with Gasteiger partial charge in [-0.05, 0) is 69.6 Å². The lowest BCUT2D eigenvalue weighted by atomic mass is 9.89. The Balaban J connectivity index is 1.77. The third kappa shape index (κ3) is 4.61. The standard InChI is InChI=1S/C28H26Cl3N3O/c1-17(2)33-13-10-18(11-14-33)25-16-21(19-6-3-4-7-22(19)29)20-12-15-34(35)28(27(20)32-25)26-23(30)8-5-9-24(26)31/h3-9,12,15-18H,10-11,13-14H2,1-2H3. The Morgan fingerprint density at radius 3 is 2.23 bits per heavy atom. The predicted octanol–water partition coefficient (Wildman–Crippen LogP) is 7.75. The summed E-state index contributed by atoms with van der Waals surface area (Å²) in [4.78, 5) is 7.60. The number of hydrogen-bond donors (Lipinski definition) is 0.